The molecule has 0 fully saturated rings. The van der Waals surface area contributed by atoms with Gasteiger partial charge in [0.1, 0.15) is 5.75 Å². The van der Waals surface area contributed by atoms with E-state index in [4.69, 9.17) is 10.00 Å². The minimum Gasteiger partial charge on any atom is -0.491 e. The minimum atomic E-state index is -0.331. The lowest BCUT2D eigenvalue weighted by atomic mass is 10.1. The van der Waals surface area contributed by atoms with Gasteiger partial charge in [-0.1, -0.05) is 6.07 Å². The number of rotatable bonds is 2. The first kappa shape index (κ1) is 14.6. The minimum absolute atomic E-state index is 0.131. The molecular formula is C17H13N3O3. The Morgan fingerprint density at radius 2 is 2.13 bits per heavy atom. The van der Waals surface area contributed by atoms with Crippen molar-refractivity contribution in [3.8, 4) is 11.8 Å². The van der Waals surface area contributed by atoms with Crippen molar-refractivity contribution in [2.75, 3.05) is 17.2 Å². The first-order valence-electron chi connectivity index (χ1n) is 7.04. The SMILES string of the molecule is N#Cc1cccc(C(=O)Nc2ccc3c(c2)NC(=O)CCO3)c1. The summed E-state index contributed by atoms with van der Waals surface area (Å²) in [5.41, 5.74) is 1.86. The summed E-state index contributed by atoms with van der Waals surface area (Å²) >= 11 is 0. The molecule has 2 aromatic rings. The van der Waals surface area contributed by atoms with E-state index in [9.17, 15) is 9.59 Å². The molecule has 1 heterocycles. The molecule has 0 saturated heterocycles. The fraction of sp³-hybridized carbons (Fsp3) is 0.118. The van der Waals surface area contributed by atoms with Crippen LogP contribution in [0.5, 0.6) is 5.75 Å². The van der Waals surface area contributed by atoms with E-state index < -0.39 is 0 Å². The molecule has 23 heavy (non-hydrogen) atoms. The zero-order valence-electron chi connectivity index (χ0n) is 12.1. The van der Waals surface area contributed by atoms with Gasteiger partial charge in [0.2, 0.25) is 5.91 Å². The van der Waals surface area contributed by atoms with Gasteiger partial charge in [0.25, 0.3) is 5.91 Å². The van der Waals surface area contributed by atoms with E-state index in [2.05, 4.69) is 10.6 Å². The van der Waals surface area contributed by atoms with Crippen LogP contribution in [0.3, 0.4) is 0 Å². The molecule has 6 nitrogen and oxygen atoms in total. The van der Waals surface area contributed by atoms with Crippen LogP contribution in [0.1, 0.15) is 22.3 Å². The van der Waals surface area contributed by atoms with Crippen LogP contribution in [0.4, 0.5) is 11.4 Å². The fourth-order valence-corrected chi connectivity index (χ4v) is 2.23. The van der Waals surface area contributed by atoms with Crippen LogP contribution >= 0.6 is 0 Å². The van der Waals surface area contributed by atoms with E-state index in [1.165, 1.54) is 6.07 Å². The number of benzene rings is 2. The normalized spacial score (nSPS) is 12.9. The molecule has 3 rings (SSSR count). The quantitative estimate of drug-likeness (QED) is 0.892. The second-order valence-electron chi connectivity index (χ2n) is 5.00. The number of nitriles is 1. The lowest BCUT2D eigenvalue weighted by Crippen LogP contribution is -2.13. The van der Waals surface area contributed by atoms with Crippen LogP contribution in [0.2, 0.25) is 0 Å². The third kappa shape index (κ3) is 3.30. The Labute approximate surface area is 132 Å². The van der Waals surface area contributed by atoms with E-state index >= 15 is 0 Å². The van der Waals surface area contributed by atoms with Gasteiger partial charge in [0.05, 0.1) is 30.3 Å². The molecule has 0 bridgehead atoms. The van der Waals surface area contributed by atoms with Crippen molar-refractivity contribution < 1.29 is 14.3 Å². The van der Waals surface area contributed by atoms with E-state index in [-0.39, 0.29) is 18.2 Å². The topological polar surface area (TPSA) is 91.2 Å². The van der Waals surface area contributed by atoms with E-state index in [1.54, 1.807) is 36.4 Å². The number of anilines is 2. The molecule has 0 unspecified atom stereocenters. The predicted octanol–water partition coefficient (Wildman–Crippen LogP) is 2.53. The van der Waals surface area contributed by atoms with Gasteiger partial charge < -0.3 is 15.4 Å². The van der Waals surface area contributed by atoms with Crippen molar-refractivity contribution in [1.82, 2.24) is 0 Å². The number of amides is 2. The molecule has 2 aromatic carbocycles. The smallest absolute Gasteiger partial charge is 0.255 e. The molecule has 2 amide bonds. The Morgan fingerprint density at radius 3 is 2.96 bits per heavy atom. The van der Waals surface area contributed by atoms with E-state index in [1.807, 2.05) is 6.07 Å². The van der Waals surface area contributed by atoms with Crippen LogP contribution < -0.4 is 15.4 Å². The molecule has 0 aromatic heterocycles. The number of fused-ring (bicyclic) bond motifs is 1. The second-order valence-corrected chi connectivity index (χ2v) is 5.00. The van der Waals surface area contributed by atoms with E-state index in [0.29, 0.717) is 34.9 Å². The molecule has 0 spiro atoms. The molecule has 1 aliphatic rings. The Bertz CT molecular complexity index is 824. The molecule has 0 aliphatic carbocycles. The van der Waals surface area contributed by atoms with E-state index in [0.717, 1.165) is 0 Å². The highest BCUT2D eigenvalue weighted by Crippen LogP contribution is 2.30. The number of hydrogen-bond donors (Lipinski definition) is 2. The van der Waals surface area contributed by atoms with Gasteiger partial charge in [-0.3, -0.25) is 9.59 Å². The van der Waals surface area contributed by atoms with Crippen molar-refractivity contribution in [2.24, 2.45) is 0 Å². The number of carbonyl (C=O) groups is 2. The maximum atomic E-state index is 12.2. The van der Waals surface area contributed by atoms with Crippen LogP contribution in [-0.4, -0.2) is 18.4 Å². The predicted molar refractivity (Wildman–Crippen MR) is 84.3 cm³/mol. The van der Waals surface area contributed by atoms with Crippen LogP contribution in [0.15, 0.2) is 42.5 Å². The summed E-state index contributed by atoms with van der Waals surface area (Å²) < 4.78 is 5.46. The largest absolute Gasteiger partial charge is 0.491 e. The highest BCUT2D eigenvalue weighted by atomic mass is 16.5. The summed E-state index contributed by atoms with van der Waals surface area (Å²) in [5.74, 6) is 0.109. The first-order valence-corrected chi connectivity index (χ1v) is 7.04. The van der Waals surface area contributed by atoms with Crippen molar-refractivity contribution in [2.45, 2.75) is 6.42 Å². The maximum absolute atomic E-state index is 12.2. The Morgan fingerprint density at radius 1 is 1.26 bits per heavy atom. The summed E-state index contributed by atoms with van der Waals surface area (Å²) in [6, 6.07) is 13.5. The highest BCUT2D eigenvalue weighted by molar-refractivity contribution is 6.05. The van der Waals surface area contributed by atoms with Gasteiger partial charge in [0.15, 0.2) is 0 Å². The van der Waals surface area contributed by atoms with Gasteiger partial charge >= 0.3 is 0 Å². The summed E-state index contributed by atoms with van der Waals surface area (Å²) in [5, 5.41) is 14.4. The third-order valence-electron chi connectivity index (χ3n) is 3.35. The first-order chi connectivity index (χ1) is 11.2. The van der Waals surface area contributed by atoms with Crippen LogP contribution in [0.25, 0.3) is 0 Å². The number of nitrogens with one attached hydrogen (secondary N) is 2. The molecule has 114 valence electrons. The summed E-state index contributed by atoms with van der Waals surface area (Å²) in [6.07, 6.45) is 0.289. The maximum Gasteiger partial charge on any atom is 0.255 e. The molecule has 6 heteroatoms. The zero-order valence-corrected chi connectivity index (χ0v) is 12.1. The molecule has 1 aliphatic heterocycles. The Kier molecular flexibility index (Phi) is 3.93. The molecule has 2 N–H and O–H groups in total. The zero-order chi connectivity index (χ0) is 16.2. The lowest BCUT2D eigenvalue weighted by molar-refractivity contribution is -0.116. The van der Waals surface area contributed by atoms with Gasteiger partial charge in [-0.05, 0) is 36.4 Å². The van der Waals surface area contributed by atoms with Crippen LogP contribution in [-0.2, 0) is 4.79 Å². The van der Waals surface area contributed by atoms with Crippen molar-refractivity contribution in [3.63, 3.8) is 0 Å². The summed E-state index contributed by atoms with van der Waals surface area (Å²) in [4.78, 5) is 23.8. The van der Waals surface area contributed by atoms with Crippen LogP contribution in [0, 0.1) is 11.3 Å². The Balaban J connectivity index is 1.81. The second kappa shape index (κ2) is 6.20. The average molecular weight is 307 g/mol. The Hall–Kier alpha value is -3.33. The number of carbonyl (C=O) groups excluding carboxylic acids is 2. The fourth-order valence-electron chi connectivity index (χ4n) is 2.23. The molecular weight excluding hydrogens is 294 g/mol. The molecule has 0 atom stereocenters. The monoisotopic (exact) mass is 307 g/mol. The molecule has 0 saturated carbocycles. The van der Waals surface area contributed by atoms with Gasteiger partial charge in [-0.15, -0.1) is 0 Å². The third-order valence-corrected chi connectivity index (χ3v) is 3.35. The van der Waals surface area contributed by atoms with Gasteiger partial charge in [-0.25, -0.2) is 0 Å². The van der Waals surface area contributed by atoms with Gasteiger partial charge in [-0.2, -0.15) is 5.26 Å². The molecule has 0 radical (unpaired) electrons. The van der Waals surface area contributed by atoms with Crippen molar-refractivity contribution in [1.29, 1.82) is 5.26 Å². The lowest BCUT2D eigenvalue weighted by Gasteiger charge is -2.10. The van der Waals surface area contributed by atoms with Crippen molar-refractivity contribution in [3.05, 3.63) is 53.6 Å². The number of ether oxygens (including phenoxy) is 1. The standard InChI is InChI=1S/C17H13N3O3/c18-10-11-2-1-3-12(8-11)17(22)19-13-4-5-15-14(9-13)20-16(21)6-7-23-15/h1-5,8-9H,6-7H2,(H,19,22)(H,20,21). The van der Waals surface area contributed by atoms with Crippen molar-refractivity contribution >= 4 is 23.2 Å². The highest BCUT2D eigenvalue weighted by Gasteiger charge is 2.15. The summed E-state index contributed by atoms with van der Waals surface area (Å²) in [7, 11) is 0. The summed E-state index contributed by atoms with van der Waals surface area (Å²) in [6.45, 7) is 0.325. The number of hydrogen-bond acceptors (Lipinski definition) is 4. The van der Waals surface area contributed by atoms with Gasteiger partial charge in [0, 0.05) is 11.3 Å². The number of nitrogens with zero attached hydrogens (tertiary/aromatic N) is 1. The average Bonchev–Trinajstić information content (AvgIpc) is 2.75.